The first kappa shape index (κ1) is 13.7. The van der Waals surface area contributed by atoms with Crippen LogP contribution in [0.25, 0.3) is 0 Å². The van der Waals surface area contributed by atoms with Crippen molar-refractivity contribution in [2.24, 2.45) is 5.41 Å². The molecule has 0 heterocycles. The molecule has 3 N–H and O–H groups in total. The number of nitrogen functional groups attached to an aromatic ring is 1. The molecule has 1 amide bonds. The van der Waals surface area contributed by atoms with Crippen LogP contribution >= 0.6 is 0 Å². The highest BCUT2D eigenvalue weighted by atomic mass is 16.5. The van der Waals surface area contributed by atoms with Gasteiger partial charge in [0, 0.05) is 12.2 Å². The minimum Gasteiger partial charge on any atom is -0.496 e. The molecule has 0 aromatic heterocycles. The van der Waals surface area contributed by atoms with Gasteiger partial charge in [-0.25, -0.2) is 0 Å². The third kappa shape index (κ3) is 3.19. The summed E-state index contributed by atoms with van der Waals surface area (Å²) in [6.45, 7) is 2.93. The van der Waals surface area contributed by atoms with Crippen LogP contribution in [-0.4, -0.2) is 19.6 Å². The zero-order valence-electron chi connectivity index (χ0n) is 11.7. The van der Waals surface area contributed by atoms with Gasteiger partial charge in [-0.2, -0.15) is 0 Å². The summed E-state index contributed by atoms with van der Waals surface area (Å²) in [5, 5.41) is 3.01. The molecule has 0 atom stereocenters. The summed E-state index contributed by atoms with van der Waals surface area (Å²) in [6.07, 6.45) is 4.78. The molecule has 0 saturated heterocycles. The van der Waals surface area contributed by atoms with E-state index in [0.29, 0.717) is 22.4 Å². The average molecular weight is 262 g/mol. The van der Waals surface area contributed by atoms with Crippen molar-refractivity contribution in [1.29, 1.82) is 0 Å². The van der Waals surface area contributed by atoms with Gasteiger partial charge in [0.25, 0.3) is 5.91 Å². The molecule has 4 heteroatoms. The van der Waals surface area contributed by atoms with Gasteiger partial charge in [-0.3, -0.25) is 4.79 Å². The van der Waals surface area contributed by atoms with Crippen molar-refractivity contribution in [3.63, 3.8) is 0 Å². The molecule has 1 fully saturated rings. The Morgan fingerprint density at radius 1 is 1.47 bits per heavy atom. The van der Waals surface area contributed by atoms with Crippen LogP contribution in [0, 0.1) is 5.41 Å². The first-order valence-corrected chi connectivity index (χ1v) is 6.82. The van der Waals surface area contributed by atoms with Crippen LogP contribution in [0.4, 0.5) is 5.69 Å². The molecule has 1 saturated carbocycles. The topological polar surface area (TPSA) is 64.4 Å². The van der Waals surface area contributed by atoms with Gasteiger partial charge in [-0.15, -0.1) is 0 Å². The minimum absolute atomic E-state index is 0.105. The summed E-state index contributed by atoms with van der Waals surface area (Å²) in [7, 11) is 1.56. The molecule has 1 aromatic rings. The number of carbonyl (C=O) groups is 1. The Labute approximate surface area is 114 Å². The van der Waals surface area contributed by atoms with Crippen LogP contribution in [-0.2, 0) is 0 Å². The summed E-state index contributed by atoms with van der Waals surface area (Å²) in [4.78, 5) is 12.2. The van der Waals surface area contributed by atoms with Gasteiger partial charge in [0.15, 0.2) is 0 Å². The Balaban J connectivity index is 2.02. The number of nitrogens with two attached hydrogens (primary N) is 1. The van der Waals surface area contributed by atoms with Gasteiger partial charge in [-0.1, -0.05) is 13.3 Å². The Kier molecular flexibility index (Phi) is 3.98. The Hall–Kier alpha value is -1.71. The van der Waals surface area contributed by atoms with E-state index in [1.807, 2.05) is 0 Å². The zero-order valence-corrected chi connectivity index (χ0v) is 11.7. The van der Waals surface area contributed by atoms with Crippen LogP contribution in [0.5, 0.6) is 5.75 Å². The summed E-state index contributed by atoms with van der Waals surface area (Å²) in [5.74, 6) is 0.457. The number of benzene rings is 1. The largest absolute Gasteiger partial charge is 0.496 e. The van der Waals surface area contributed by atoms with E-state index in [2.05, 4.69) is 12.2 Å². The monoisotopic (exact) mass is 262 g/mol. The van der Waals surface area contributed by atoms with Crippen LogP contribution in [0.3, 0.4) is 0 Å². The molecule has 0 bridgehead atoms. The number of rotatable bonds is 6. The van der Waals surface area contributed by atoms with Crippen molar-refractivity contribution in [3.05, 3.63) is 23.8 Å². The van der Waals surface area contributed by atoms with Gasteiger partial charge in [-0.05, 0) is 42.9 Å². The molecule has 19 heavy (non-hydrogen) atoms. The smallest absolute Gasteiger partial charge is 0.255 e. The maximum atomic E-state index is 12.2. The number of nitrogens with one attached hydrogen (secondary N) is 1. The summed E-state index contributed by atoms with van der Waals surface area (Å²) in [6, 6.07) is 5.12. The molecule has 2 rings (SSSR count). The number of hydrogen-bond donors (Lipinski definition) is 2. The fourth-order valence-corrected chi connectivity index (χ4v) is 2.49. The highest BCUT2D eigenvalue weighted by Crippen LogP contribution is 2.48. The van der Waals surface area contributed by atoms with Gasteiger partial charge in [0.1, 0.15) is 5.75 Å². The lowest BCUT2D eigenvalue weighted by molar-refractivity contribution is 0.0940. The second-order valence-corrected chi connectivity index (χ2v) is 5.39. The Morgan fingerprint density at radius 2 is 2.21 bits per heavy atom. The lowest BCUT2D eigenvalue weighted by Crippen LogP contribution is -2.30. The van der Waals surface area contributed by atoms with E-state index in [4.69, 9.17) is 10.5 Å². The maximum Gasteiger partial charge on any atom is 0.255 e. The molecule has 0 unspecified atom stereocenters. The van der Waals surface area contributed by atoms with E-state index in [-0.39, 0.29) is 5.91 Å². The average Bonchev–Trinajstić information content (AvgIpc) is 3.17. The molecule has 0 aliphatic heterocycles. The van der Waals surface area contributed by atoms with Crippen LogP contribution in [0.15, 0.2) is 18.2 Å². The predicted molar refractivity (Wildman–Crippen MR) is 76.3 cm³/mol. The molecule has 1 aromatic carbocycles. The van der Waals surface area contributed by atoms with E-state index in [0.717, 1.165) is 13.0 Å². The summed E-state index contributed by atoms with van der Waals surface area (Å²) < 4.78 is 5.20. The van der Waals surface area contributed by atoms with E-state index in [1.165, 1.54) is 19.3 Å². The lowest BCUT2D eigenvalue weighted by atomic mass is 10.0. The SMILES string of the molecule is CCCC1(CNC(=O)c2cc(N)ccc2OC)CC1. The molecule has 0 radical (unpaired) electrons. The van der Waals surface area contributed by atoms with Crippen molar-refractivity contribution in [1.82, 2.24) is 5.32 Å². The number of methoxy groups -OCH3 is 1. The van der Waals surface area contributed by atoms with Gasteiger partial charge in [0.2, 0.25) is 0 Å². The molecule has 104 valence electrons. The lowest BCUT2D eigenvalue weighted by Gasteiger charge is -2.16. The summed E-state index contributed by atoms with van der Waals surface area (Å²) >= 11 is 0. The number of anilines is 1. The van der Waals surface area contributed by atoms with Crippen molar-refractivity contribution in [3.8, 4) is 5.75 Å². The van der Waals surface area contributed by atoms with Crippen molar-refractivity contribution in [2.45, 2.75) is 32.6 Å². The van der Waals surface area contributed by atoms with Gasteiger partial charge in [0.05, 0.1) is 12.7 Å². The number of hydrogen-bond acceptors (Lipinski definition) is 3. The molecule has 1 aliphatic rings. The van der Waals surface area contributed by atoms with E-state index >= 15 is 0 Å². The van der Waals surface area contributed by atoms with Crippen LogP contribution in [0.1, 0.15) is 43.0 Å². The molecule has 0 spiro atoms. The fourth-order valence-electron chi connectivity index (χ4n) is 2.49. The van der Waals surface area contributed by atoms with Crippen LogP contribution in [0.2, 0.25) is 0 Å². The Bertz CT molecular complexity index is 467. The number of ether oxygens (including phenoxy) is 1. The maximum absolute atomic E-state index is 12.2. The normalized spacial score (nSPS) is 15.9. The highest BCUT2D eigenvalue weighted by Gasteiger charge is 2.41. The third-order valence-corrected chi connectivity index (χ3v) is 3.83. The standard InChI is InChI=1S/C15H22N2O2/c1-3-6-15(7-8-15)10-17-14(18)12-9-11(16)4-5-13(12)19-2/h4-5,9H,3,6-8,10,16H2,1-2H3,(H,17,18). The van der Waals surface area contributed by atoms with Crippen molar-refractivity contribution < 1.29 is 9.53 Å². The van der Waals surface area contributed by atoms with Gasteiger partial charge < -0.3 is 15.8 Å². The molecular formula is C15H22N2O2. The van der Waals surface area contributed by atoms with E-state index in [9.17, 15) is 4.79 Å². The van der Waals surface area contributed by atoms with Crippen LogP contribution < -0.4 is 15.8 Å². The molecule has 1 aliphatic carbocycles. The number of carbonyl (C=O) groups excluding carboxylic acids is 1. The first-order chi connectivity index (χ1) is 9.10. The van der Waals surface area contributed by atoms with Crippen molar-refractivity contribution >= 4 is 11.6 Å². The second-order valence-electron chi connectivity index (χ2n) is 5.39. The zero-order chi connectivity index (χ0) is 13.9. The minimum atomic E-state index is -0.105. The highest BCUT2D eigenvalue weighted by molar-refractivity contribution is 5.97. The second kappa shape index (κ2) is 5.51. The third-order valence-electron chi connectivity index (χ3n) is 3.83. The van der Waals surface area contributed by atoms with Crippen molar-refractivity contribution in [2.75, 3.05) is 19.4 Å². The quantitative estimate of drug-likeness (QED) is 0.774. The Morgan fingerprint density at radius 3 is 2.79 bits per heavy atom. The van der Waals surface area contributed by atoms with Gasteiger partial charge >= 0.3 is 0 Å². The fraction of sp³-hybridized carbons (Fsp3) is 0.533. The molecular weight excluding hydrogens is 240 g/mol. The predicted octanol–water partition coefficient (Wildman–Crippen LogP) is 2.59. The van der Waals surface area contributed by atoms with E-state index < -0.39 is 0 Å². The van der Waals surface area contributed by atoms with E-state index in [1.54, 1.807) is 25.3 Å². The first-order valence-electron chi connectivity index (χ1n) is 6.82. The summed E-state index contributed by atoms with van der Waals surface area (Å²) in [5.41, 5.74) is 7.15. The number of amides is 1. The molecule has 4 nitrogen and oxygen atoms in total.